The molecule has 1 N–H and O–H groups in total. The normalized spacial score (nSPS) is 29.1. The van der Waals surface area contributed by atoms with Crippen LogP contribution in [0.2, 0.25) is 0 Å². The first-order valence-electron chi connectivity index (χ1n) is 7.72. The van der Waals surface area contributed by atoms with Gasteiger partial charge in [-0.1, -0.05) is 0 Å². The summed E-state index contributed by atoms with van der Waals surface area (Å²) in [4.78, 5) is 14.3. The number of likely N-dealkylation sites (N-methyl/N-ethyl adjacent to an activating group) is 1. The maximum atomic E-state index is 11.7. The molecule has 0 aromatic carbocycles. The van der Waals surface area contributed by atoms with Gasteiger partial charge in [0.1, 0.15) is 5.54 Å². The number of rotatable bonds is 7. The quantitative estimate of drug-likeness (QED) is 0.562. The lowest BCUT2D eigenvalue weighted by molar-refractivity contribution is -0.148. The highest BCUT2D eigenvalue weighted by Gasteiger charge is 2.34. The van der Waals surface area contributed by atoms with Crippen LogP contribution in [0.3, 0.4) is 0 Å². The summed E-state index contributed by atoms with van der Waals surface area (Å²) >= 11 is 0. The second kappa shape index (κ2) is 6.87. The molecule has 20 heavy (non-hydrogen) atoms. The van der Waals surface area contributed by atoms with Gasteiger partial charge in [-0.25, -0.2) is 0 Å². The van der Waals surface area contributed by atoms with E-state index < -0.39 is 5.54 Å². The average Bonchev–Trinajstić information content (AvgIpc) is 2.81. The monoisotopic (exact) mass is 284 g/mol. The number of esters is 1. The first-order chi connectivity index (χ1) is 9.57. The second-order valence-electron chi connectivity index (χ2n) is 6.25. The van der Waals surface area contributed by atoms with Crippen molar-refractivity contribution < 1.29 is 14.3 Å². The van der Waals surface area contributed by atoms with Gasteiger partial charge in [0.15, 0.2) is 0 Å². The van der Waals surface area contributed by atoms with Gasteiger partial charge >= 0.3 is 5.97 Å². The number of unbranched alkanes of at least 4 members (excludes halogenated alkanes) is 1. The molecule has 2 aliphatic heterocycles. The fourth-order valence-corrected chi connectivity index (χ4v) is 3.25. The fraction of sp³-hybridized carbons (Fsp3) is 0.933. The van der Waals surface area contributed by atoms with Gasteiger partial charge in [0.2, 0.25) is 0 Å². The van der Waals surface area contributed by atoms with Crippen molar-refractivity contribution >= 4 is 5.97 Å². The van der Waals surface area contributed by atoms with Crippen molar-refractivity contribution in [2.45, 2.75) is 56.8 Å². The Hall–Kier alpha value is -0.650. The van der Waals surface area contributed by atoms with E-state index in [1.165, 1.54) is 20.0 Å². The number of methoxy groups -OCH3 is 1. The maximum absolute atomic E-state index is 11.7. The summed E-state index contributed by atoms with van der Waals surface area (Å²) in [5.41, 5.74) is -0.557. The number of carbonyl (C=O) groups excluding carboxylic acids is 1. The molecule has 5 heteroatoms. The molecule has 0 aliphatic carbocycles. The van der Waals surface area contributed by atoms with E-state index in [1.54, 1.807) is 0 Å². The summed E-state index contributed by atoms with van der Waals surface area (Å²) in [5.74, 6) is -0.176. The van der Waals surface area contributed by atoms with Crippen LogP contribution in [0.25, 0.3) is 0 Å². The third-order valence-corrected chi connectivity index (χ3v) is 4.71. The summed E-state index contributed by atoms with van der Waals surface area (Å²) in [5, 5.41) is 3.08. The number of carbonyl (C=O) groups is 1. The standard InChI is InChI=1S/C15H28N2O3/c1-15(16-2,14(18)19-3)8-4-5-9-17-10-12-6-7-13(11-17)20-12/h12-13,16H,4-11H2,1-3H3. The molecule has 2 fully saturated rings. The molecule has 3 unspecified atom stereocenters. The van der Waals surface area contributed by atoms with Crippen molar-refractivity contribution in [3.05, 3.63) is 0 Å². The van der Waals surface area contributed by atoms with Crippen LogP contribution in [0, 0.1) is 0 Å². The van der Waals surface area contributed by atoms with E-state index in [0.717, 1.165) is 38.9 Å². The summed E-state index contributed by atoms with van der Waals surface area (Å²) in [6.45, 7) is 5.18. The Morgan fingerprint density at radius 2 is 2.00 bits per heavy atom. The van der Waals surface area contributed by atoms with Crippen LogP contribution in [-0.4, -0.2) is 62.4 Å². The molecule has 2 aliphatic rings. The Labute approximate surface area is 122 Å². The SMILES string of the molecule is CNC(C)(CCCCN1CC2CCC(C1)O2)C(=O)OC. The lowest BCUT2D eigenvalue weighted by Crippen LogP contribution is -2.48. The lowest BCUT2D eigenvalue weighted by Gasteiger charge is -2.32. The van der Waals surface area contributed by atoms with Crippen LogP contribution < -0.4 is 5.32 Å². The first-order valence-corrected chi connectivity index (χ1v) is 7.72. The van der Waals surface area contributed by atoms with Crippen LogP contribution >= 0.6 is 0 Å². The van der Waals surface area contributed by atoms with Crippen LogP contribution in [0.15, 0.2) is 0 Å². The van der Waals surface area contributed by atoms with Gasteiger partial charge in [-0.15, -0.1) is 0 Å². The molecule has 0 radical (unpaired) electrons. The van der Waals surface area contributed by atoms with Gasteiger partial charge in [0, 0.05) is 13.1 Å². The molecule has 0 aromatic rings. The van der Waals surface area contributed by atoms with E-state index in [-0.39, 0.29) is 5.97 Å². The van der Waals surface area contributed by atoms with Gasteiger partial charge in [-0.3, -0.25) is 9.69 Å². The van der Waals surface area contributed by atoms with Crippen LogP contribution in [-0.2, 0) is 14.3 Å². The molecular weight excluding hydrogens is 256 g/mol. The molecule has 0 aromatic heterocycles. The largest absolute Gasteiger partial charge is 0.468 e. The number of hydrogen-bond acceptors (Lipinski definition) is 5. The van der Waals surface area contributed by atoms with Gasteiger partial charge in [0.25, 0.3) is 0 Å². The number of nitrogens with zero attached hydrogens (tertiary/aromatic N) is 1. The van der Waals surface area contributed by atoms with Crippen molar-refractivity contribution in [2.75, 3.05) is 33.8 Å². The molecule has 2 bridgehead atoms. The molecular formula is C15H28N2O3. The summed E-state index contributed by atoms with van der Waals surface area (Å²) in [6, 6.07) is 0. The molecule has 2 saturated heterocycles. The number of fused-ring (bicyclic) bond motifs is 2. The van der Waals surface area contributed by atoms with E-state index in [9.17, 15) is 4.79 Å². The fourth-order valence-electron chi connectivity index (χ4n) is 3.25. The van der Waals surface area contributed by atoms with Crippen molar-refractivity contribution in [1.29, 1.82) is 0 Å². The zero-order chi connectivity index (χ0) is 14.6. The van der Waals surface area contributed by atoms with E-state index in [0.29, 0.717) is 12.2 Å². The summed E-state index contributed by atoms with van der Waals surface area (Å²) < 4.78 is 10.7. The predicted octanol–water partition coefficient (Wildman–Crippen LogP) is 1.17. The van der Waals surface area contributed by atoms with Crippen molar-refractivity contribution in [3.63, 3.8) is 0 Å². The van der Waals surface area contributed by atoms with Gasteiger partial charge < -0.3 is 14.8 Å². The van der Waals surface area contributed by atoms with Crippen LogP contribution in [0.4, 0.5) is 0 Å². The third kappa shape index (κ3) is 3.71. The van der Waals surface area contributed by atoms with E-state index in [1.807, 2.05) is 14.0 Å². The Balaban J connectivity index is 1.67. The summed E-state index contributed by atoms with van der Waals surface area (Å²) in [7, 11) is 3.26. The van der Waals surface area contributed by atoms with Crippen LogP contribution in [0.1, 0.15) is 39.0 Å². The molecule has 0 saturated carbocycles. The number of ether oxygens (including phenoxy) is 2. The predicted molar refractivity (Wildman–Crippen MR) is 77.7 cm³/mol. The van der Waals surface area contributed by atoms with E-state index in [4.69, 9.17) is 9.47 Å². The van der Waals surface area contributed by atoms with Gasteiger partial charge in [0.05, 0.1) is 19.3 Å². The Morgan fingerprint density at radius 3 is 2.55 bits per heavy atom. The minimum absolute atomic E-state index is 0.176. The van der Waals surface area contributed by atoms with Crippen molar-refractivity contribution in [2.24, 2.45) is 0 Å². The highest BCUT2D eigenvalue weighted by atomic mass is 16.5. The van der Waals surface area contributed by atoms with Crippen LogP contribution in [0.5, 0.6) is 0 Å². The molecule has 2 rings (SSSR count). The van der Waals surface area contributed by atoms with Gasteiger partial charge in [-0.2, -0.15) is 0 Å². The number of morpholine rings is 1. The topological polar surface area (TPSA) is 50.8 Å². The molecule has 3 atom stereocenters. The van der Waals surface area contributed by atoms with Crippen molar-refractivity contribution in [3.8, 4) is 0 Å². The molecule has 116 valence electrons. The highest BCUT2D eigenvalue weighted by Crippen LogP contribution is 2.26. The minimum Gasteiger partial charge on any atom is -0.468 e. The lowest BCUT2D eigenvalue weighted by atomic mass is 9.95. The molecule has 2 heterocycles. The Kier molecular flexibility index (Phi) is 5.41. The van der Waals surface area contributed by atoms with Gasteiger partial charge in [-0.05, 0) is 52.6 Å². The number of hydrogen-bond donors (Lipinski definition) is 1. The number of nitrogens with one attached hydrogen (secondary N) is 1. The Bertz CT molecular complexity index is 325. The Morgan fingerprint density at radius 1 is 1.35 bits per heavy atom. The first kappa shape index (κ1) is 15.7. The zero-order valence-electron chi connectivity index (χ0n) is 13.0. The highest BCUT2D eigenvalue weighted by molar-refractivity contribution is 5.80. The molecule has 0 spiro atoms. The third-order valence-electron chi connectivity index (χ3n) is 4.71. The molecule has 0 amide bonds. The second-order valence-corrected chi connectivity index (χ2v) is 6.25. The zero-order valence-corrected chi connectivity index (χ0v) is 13.0. The smallest absolute Gasteiger partial charge is 0.325 e. The van der Waals surface area contributed by atoms with Crippen molar-refractivity contribution in [1.82, 2.24) is 10.2 Å². The number of likely N-dealkylation sites (tertiary alicyclic amines) is 1. The molecule has 5 nitrogen and oxygen atoms in total. The van der Waals surface area contributed by atoms with E-state index in [2.05, 4.69) is 10.2 Å². The van der Waals surface area contributed by atoms with E-state index >= 15 is 0 Å². The summed E-state index contributed by atoms with van der Waals surface area (Å²) in [6.07, 6.45) is 6.33. The minimum atomic E-state index is -0.557. The average molecular weight is 284 g/mol. The maximum Gasteiger partial charge on any atom is 0.325 e.